The third-order valence-corrected chi connectivity index (χ3v) is 2.77. The van der Waals surface area contributed by atoms with Crippen molar-refractivity contribution in [1.29, 1.82) is 0 Å². The predicted molar refractivity (Wildman–Crippen MR) is 68.2 cm³/mol. The molecule has 0 aliphatic rings. The maximum Gasteiger partial charge on any atom is 0.224 e. The molecule has 0 aromatic carbocycles. The molecule has 2 aromatic rings. The minimum atomic E-state index is -0.419. The van der Waals surface area contributed by atoms with Crippen LogP contribution < -0.4 is 5.32 Å². The van der Waals surface area contributed by atoms with Crippen LogP contribution in [0.25, 0.3) is 5.65 Å². The largest absolute Gasteiger partial charge is 0.322 e. The summed E-state index contributed by atoms with van der Waals surface area (Å²) < 4.78 is 15.8. The third kappa shape index (κ3) is 2.20. The highest BCUT2D eigenvalue weighted by atomic mass is 19.1. The van der Waals surface area contributed by atoms with Gasteiger partial charge in [0, 0.05) is 24.4 Å². The highest BCUT2D eigenvalue weighted by molar-refractivity contribution is 5.91. The molecule has 2 heterocycles. The van der Waals surface area contributed by atoms with E-state index in [1.165, 1.54) is 0 Å². The van der Waals surface area contributed by atoms with E-state index in [9.17, 15) is 9.18 Å². The van der Waals surface area contributed by atoms with E-state index in [0.29, 0.717) is 17.6 Å². The second kappa shape index (κ2) is 4.76. The fourth-order valence-corrected chi connectivity index (χ4v) is 1.91. The molecule has 0 atom stereocenters. The summed E-state index contributed by atoms with van der Waals surface area (Å²) in [5.74, 6) is -0.593. The molecule has 2 aromatic heterocycles. The molecule has 0 spiro atoms. The molecule has 1 N–H and O–H groups in total. The molecule has 0 aliphatic carbocycles. The van der Waals surface area contributed by atoms with E-state index in [4.69, 9.17) is 0 Å². The van der Waals surface area contributed by atoms with Crippen LogP contribution in [0.2, 0.25) is 0 Å². The SMILES string of the molecule is CCCC(=O)Nc1cn2cc(C)nc2c(C)c1F. The number of nitrogens with zero attached hydrogens (tertiary/aromatic N) is 2. The number of imidazole rings is 1. The van der Waals surface area contributed by atoms with Gasteiger partial charge in [0.2, 0.25) is 5.91 Å². The molecule has 0 aliphatic heterocycles. The van der Waals surface area contributed by atoms with Gasteiger partial charge in [-0.2, -0.15) is 0 Å². The lowest BCUT2D eigenvalue weighted by molar-refractivity contribution is -0.116. The lowest BCUT2D eigenvalue weighted by Gasteiger charge is -2.09. The molecule has 0 saturated heterocycles. The normalized spacial score (nSPS) is 10.9. The molecule has 0 radical (unpaired) electrons. The van der Waals surface area contributed by atoms with Crippen molar-refractivity contribution in [2.45, 2.75) is 33.6 Å². The van der Waals surface area contributed by atoms with E-state index < -0.39 is 5.82 Å². The Morgan fingerprint density at radius 2 is 2.17 bits per heavy atom. The van der Waals surface area contributed by atoms with Crippen LogP contribution >= 0.6 is 0 Å². The number of fused-ring (bicyclic) bond motifs is 1. The lowest BCUT2D eigenvalue weighted by Crippen LogP contribution is -2.13. The molecule has 0 unspecified atom stereocenters. The van der Waals surface area contributed by atoms with E-state index in [1.807, 2.05) is 13.8 Å². The monoisotopic (exact) mass is 249 g/mol. The van der Waals surface area contributed by atoms with Gasteiger partial charge in [-0.15, -0.1) is 0 Å². The van der Waals surface area contributed by atoms with Gasteiger partial charge in [0.05, 0.1) is 11.4 Å². The Morgan fingerprint density at radius 1 is 1.44 bits per heavy atom. The average Bonchev–Trinajstić information content (AvgIpc) is 2.67. The predicted octanol–water partition coefficient (Wildman–Crippen LogP) is 2.83. The summed E-state index contributed by atoms with van der Waals surface area (Å²) in [4.78, 5) is 15.8. The molecule has 2 rings (SSSR count). The minimum Gasteiger partial charge on any atom is -0.322 e. The highest BCUT2D eigenvalue weighted by Crippen LogP contribution is 2.22. The molecular formula is C13H16FN3O. The van der Waals surface area contributed by atoms with Crippen LogP contribution in [0.5, 0.6) is 0 Å². The van der Waals surface area contributed by atoms with Gasteiger partial charge < -0.3 is 9.72 Å². The Bertz CT molecular complexity index is 604. The van der Waals surface area contributed by atoms with E-state index >= 15 is 0 Å². The second-order valence-electron chi connectivity index (χ2n) is 4.39. The van der Waals surface area contributed by atoms with E-state index in [0.717, 1.165) is 12.1 Å². The molecular weight excluding hydrogens is 233 g/mol. The molecule has 18 heavy (non-hydrogen) atoms. The van der Waals surface area contributed by atoms with E-state index in [-0.39, 0.29) is 11.6 Å². The Balaban J connectivity index is 2.45. The topological polar surface area (TPSA) is 46.4 Å². The summed E-state index contributed by atoms with van der Waals surface area (Å²) in [6, 6.07) is 0. The van der Waals surface area contributed by atoms with E-state index in [1.54, 1.807) is 23.7 Å². The Hall–Kier alpha value is -1.91. The number of carbonyl (C=O) groups excluding carboxylic acids is 1. The number of rotatable bonds is 3. The summed E-state index contributed by atoms with van der Waals surface area (Å²) in [5, 5.41) is 2.59. The van der Waals surface area contributed by atoms with Crippen LogP contribution in [-0.4, -0.2) is 15.3 Å². The maximum absolute atomic E-state index is 14.1. The van der Waals surface area contributed by atoms with Crippen LogP contribution in [0.4, 0.5) is 10.1 Å². The number of anilines is 1. The number of hydrogen-bond acceptors (Lipinski definition) is 2. The highest BCUT2D eigenvalue weighted by Gasteiger charge is 2.13. The zero-order valence-electron chi connectivity index (χ0n) is 10.7. The van der Waals surface area contributed by atoms with Crippen LogP contribution in [-0.2, 0) is 4.79 Å². The molecule has 0 bridgehead atoms. The number of amides is 1. The fourth-order valence-electron chi connectivity index (χ4n) is 1.91. The summed E-state index contributed by atoms with van der Waals surface area (Å²) in [6.07, 6.45) is 4.49. The van der Waals surface area contributed by atoms with Crippen molar-refractivity contribution >= 4 is 17.2 Å². The summed E-state index contributed by atoms with van der Waals surface area (Å²) in [6.45, 7) is 5.41. The Kier molecular flexibility index (Phi) is 3.32. The van der Waals surface area contributed by atoms with Crippen molar-refractivity contribution in [2.75, 3.05) is 5.32 Å². The number of aromatic nitrogens is 2. The summed E-state index contributed by atoms with van der Waals surface area (Å²) in [5.41, 5.74) is 2.04. The van der Waals surface area contributed by atoms with Crippen molar-refractivity contribution in [1.82, 2.24) is 9.38 Å². The minimum absolute atomic E-state index is 0.174. The number of aryl methyl sites for hydroxylation is 2. The van der Waals surface area contributed by atoms with Gasteiger partial charge in [0.25, 0.3) is 0 Å². The van der Waals surface area contributed by atoms with Crippen LogP contribution in [0.1, 0.15) is 31.0 Å². The van der Waals surface area contributed by atoms with Crippen molar-refractivity contribution < 1.29 is 9.18 Å². The third-order valence-electron chi connectivity index (χ3n) is 2.77. The van der Waals surface area contributed by atoms with Crippen LogP contribution in [0, 0.1) is 19.7 Å². The van der Waals surface area contributed by atoms with E-state index in [2.05, 4.69) is 10.3 Å². The first-order valence-electron chi connectivity index (χ1n) is 5.97. The van der Waals surface area contributed by atoms with Crippen LogP contribution in [0.15, 0.2) is 12.4 Å². The van der Waals surface area contributed by atoms with Gasteiger partial charge >= 0.3 is 0 Å². The Labute approximate surface area is 105 Å². The average molecular weight is 249 g/mol. The molecule has 1 amide bonds. The maximum atomic E-state index is 14.1. The zero-order chi connectivity index (χ0) is 13.3. The molecule has 96 valence electrons. The fraction of sp³-hybridized carbons (Fsp3) is 0.385. The van der Waals surface area contributed by atoms with Gasteiger partial charge in [-0.3, -0.25) is 4.79 Å². The second-order valence-corrected chi connectivity index (χ2v) is 4.39. The van der Waals surface area contributed by atoms with Crippen molar-refractivity contribution in [3.63, 3.8) is 0 Å². The number of halogens is 1. The van der Waals surface area contributed by atoms with Crippen molar-refractivity contribution in [3.05, 3.63) is 29.5 Å². The number of pyridine rings is 1. The molecule has 0 saturated carbocycles. The standard InChI is InChI=1S/C13H16FN3O/c1-4-5-11(18)16-10-7-17-6-8(2)15-13(17)9(3)12(10)14/h6-7H,4-5H2,1-3H3,(H,16,18). The first-order valence-corrected chi connectivity index (χ1v) is 5.97. The summed E-state index contributed by atoms with van der Waals surface area (Å²) >= 11 is 0. The number of carbonyl (C=O) groups is 1. The van der Waals surface area contributed by atoms with Gasteiger partial charge in [-0.25, -0.2) is 9.37 Å². The van der Waals surface area contributed by atoms with Crippen molar-refractivity contribution in [2.24, 2.45) is 0 Å². The van der Waals surface area contributed by atoms with Gasteiger partial charge in [0.1, 0.15) is 5.65 Å². The van der Waals surface area contributed by atoms with Gasteiger partial charge in [-0.05, 0) is 20.3 Å². The molecule has 0 fully saturated rings. The Morgan fingerprint density at radius 3 is 2.83 bits per heavy atom. The first kappa shape index (κ1) is 12.5. The quantitative estimate of drug-likeness (QED) is 0.909. The summed E-state index contributed by atoms with van der Waals surface area (Å²) in [7, 11) is 0. The van der Waals surface area contributed by atoms with Gasteiger partial charge in [-0.1, -0.05) is 6.92 Å². The number of nitrogens with one attached hydrogen (secondary N) is 1. The zero-order valence-corrected chi connectivity index (χ0v) is 10.7. The van der Waals surface area contributed by atoms with Gasteiger partial charge in [0.15, 0.2) is 5.82 Å². The van der Waals surface area contributed by atoms with Crippen molar-refractivity contribution in [3.8, 4) is 0 Å². The smallest absolute Gasteiger partial charge is 0.224 e. The first-order chi connectivity index (χ1) is 8.52. The lowest BCUT2D eigenvalue weighted by atomic mass is 10.2. The molecule has 5 heteroatoms. The molecule has 4 nitrogen and oxygen atoms in total. The number of hydrogen-bond donors (Lipinski definition) is 1. The van der Waals surface area contributed by atoms with Crippen LogP contribution in [0.3, 0.4) is 0 Å².